The molecule has 1 N–H and O–H groups in total. The van der Waals surface area contributed by atoms with Crippen LogP contribution in [0.5, 0.6) is 5.75 Å². The van der Waals surface area contributed by atoms with Crippen LogP contribution in [0.4, 0.5) is 13.2 Å². The van der Waals surface area contributed by atoms with E-state index in [4.69, 9.17) is 4.74 Å². The van der Waals surface area contributed by atoms with Crippen molar-refractivity contribution in [3.63, 3.8) is 0 Å². The summed E-state index contributed by atoms with van der Waals surface area (Å²) in [6, 6.07) is 10.3. The van der Waals surface area contributed by atoms with Crippen LogP contribution in [0.15, 0.2) is 42.5 Å². The van der Waals surface area contributed by atoms with Gasteiger partial charge in [-0.25, -0.2) is 0 Å². The second-order valence-electron chi connectivity index (χ2n) is 6.16. The fraction of sp³-hybridized carbons (Fsp3) is 0.316. The van der Waals surface area contributed by atoms with Crippen molar-refractivity contribution >= 4 is 5.91 Å². The topological polar surface area (TPSA) is 38.3 Å². The normalized spacial score (nSPS) is 14.6. The van der Waals surface area contributed by atoms with Gasteiger partial charge in [0.2, 0.25) is 0 Å². The number of amides is 1. The molecule has 0 aromatic heterocycles. The number of alkyl halides is 3. The van der Waals surface area contributed by atoms with E-state index in [2.05, 4.69) is 5.32 Å². The molecule has 1 heterocycles. The van der Waals surface area contributed by atoms with Crippen LogP contribution in [0.2, 0.25) is 0 Å². The van der Waals surface area contributed by atoms with E-state index in [1.54, 1.807) is 6.92 Å². The smallest absolute Gasteiger partial charge is 0.417 e. The van der Waals surface area contributed by atoms with E-state index in [9.17, 15) is 18.0 Å². The van der Waals surface area contributed by atoms with E-state index in [1.807, 2.05) is 18.2 Å². The number of rotatable bonds is 4. The summed E-state index contributed by atoms with van der Waals surface area (Å²) in [6.07, 6.45) is -3.17. The van der Waals surface area contributed by atoms with Gasteiger partial charge in [-0.15, -0.1) is 0 Å². The SMILES string of the molecule is CC(Cc1ccc2c(c1)CCO2)NC(=O)c1ccccc1C(F)(F)F. The summed E-state index contributed by atoms with van der Waals surface area (Å²) in [6.45, 7) is 2.44. The Morgan fingerprint density at radius 2 is 2.00 bits per heavy atom. The highest BCUT2D eigenvalue weighted by Crippen LogP contribution is 2.32. The number of carbonyl (C=O) groups is 1. The standard InChI is InChI=1S/C19H18F3NO2/c1-12(10-13-6-7-17-14(11-13)8-9-25-17)23-18(24)15-4-2-3-5-16(15)19(20,21)22/h2-7,11-12H,8-10H2,1H3,(H,23,24). The molecule has 6 heteroatoms. The lowest BCUT2D eigenvalue weighted by molar-refractivity contribution is -0.137. The van der Waals surface area contributed by atoms with E-state index < -0.39 is 17.6 Å². The predicted octanol–water partition coefficient (Wildman–Crippen LogP) is 4.00. The number of hydrogen-bond donors (Lipinski definition) is 1. The van der Waals surface area contributed by atoms with Crippen molar-refractivity contribution in [3.05, 3.63) is 64.7 Å². The van der Waals surface area contributed by atoms with Crippen LogP contribution >= 0.6 is 0 Å². The Morgan fingerprint density at radius 3 is 2.76 bits per heavy atom. The molecule has 0 bridgehead atoms. The molecular formula is C19H18F3NO2. The van der Waals surface area contributed by atoms with E-state index in [-0.39, 0.29) is 11.6 Å². The molecule has 0 spiro atoms. The molecule has 0 fully saturated rings. The Hall–Kier alpha value is -2.50. The second kappa shape index (κ2) is 6.78. The van der Waals surface area contributed by atoms with Gasteiger partial charge in [-0.2, -0.15) is 13.2 Å². The number of fused-ring (bicyclic) bond motifs is 1. The zero-order valence-corrected chi connectivity index (χ0v) is 13.7. The lowest BCUT2D eigenvalue weighted by Gasteiger charge is -2.17. The van der Waals surface area contributed by atoms with E-state index in [1.165, 1.54) is 18.2 Å². The van der Waals surface area contributed by atoms with Crippen LogP contribution in [0.3, 0.4) is 0 Å². The van der Waals surface area contributed by atoms with Gasteiger partial charge < -0.3 is 10.1 Å². The minimum absolute atomic E-state index is 0.297. The van der Waals surface area contributed by atoms with Crippen LogP contribution < -0.4 is 10.1 Å². The highest BCUT2D eigenvalue weighted by atomic mass is 19.4. The largest absolute Gasteiger partial charge is 0.493 e. The first kappa shape index (κ1) is 17.3. The maximum atomic E-state index is 13.0. The number of carbonyl (C=O) groups excluding carboxylic acids is 1. The third-order valence-electron chi connectivity index (χ3n) is 4.15. The molecule has 1 aliphatic heterocycles. The Balaban J connectivity index is 1.69. The minimum Gasteiger partial charge on any atom is -0.493 e. The number of ether oxygens (including phenoxy) is 1. The van der Waals surface area contributed by atoms with Crippen LogP contribution in [0.25, 0.3) is 0 Å². The average molecular weight is 349 g/mol. The molecule has 1 unspecified atom stereocenters. The van der Waals surface area contributed by atoms with Crippen molar-refractivity contribution in [2.24, 2.45) is 0 Å². The van der Waals surface area contributed by atoms with Gasteiger partial charge in [0.25, 0.3) is 5.91 Å². The van der Waals surface area contributed by atoms with Gasteiger partial charge in [-0.1, -0.05) is 24.3 Å². The highest BCUT2D eigenvalue weighted by molar-refractivity contribution is 5.96. The van der Waals surface area contributed by atoms with Crippen LogP contribution in [-0.2, 0) is 19.0 Å². The molecule has 2 aromatic rings. The first-order valence-corrected chi connectivity index (χ1v) is 8.06. The third kappa shape index (κ3) is 3.95. The number of nitrogens with one attached hydrogen (secondary N) is 1. The molecule has 3 nitrogen and oxygen atoms in total. The van der Waals surface area contributed by atoms with Crippen LogP contribution in [-0.4, -0.2) is 18.6 Å². The van der Waals surface area contributed by atoms with Gasteiger partial charge >= 0.3 is 6.18 Å². The van der Waals surface area contributed by atoms with Gasteiger partial charge in [0.05, 0.1) is 17.7 Å². The van der Waals surface area contributed by atoms with Crippen molar-refractivity contribution < 1.29 is 22.7 Å². The number of benzene rings is 2. The molecule has 25 heavy (non-hydrogen) atoms. The van der Waals surface area contributed by atoms with Gasteiger partial charge in [0.1, 0.15) is 5.75 Å². The fourth-order valence-corrected chi connectivity index (χ4v) is 3.00. The fourth-order valence-electron chi connectivity index (χ4n) is 3.00. The Kier molecular flexibility index (Phi) is 4.70. The van der Waals surface area contributed by atoms with Crippen LogP contribution in [0, 0.1) is 0 Å². The van der Waals surface area contributed by atoms with Crippen LogP contribution in [0.1, 0.15) is 34.0 Å². The molecule has 3 rings (SSSR count). The van der Waals surface area contributed by atoms with Gasteiger partial charge in [0.15, 0.2) is 0 Å². The number of hydrogen-bond acceptors (Lipinski definition) is 2. The quantitative estimate of drug-likeness (QED) is 0.906. The molecule has 0 radical (unpaired) electrons. The van der Waals surface area contributed by atoms with Gasteiger partial charge in [-0.3, -0.25) is 4.79 Å². The lowest BCUT2D eigenvalue weighted by Crippen LogP contribution is -2.35. The summed E-state index contributed by atoms with van der Waals surface area (Å²) in [5, 5.41) is 2.65. The molecule has 0 saturated heterocycles. The van der Waals surface area contributed by atoms with Crippen molar-refractivity contribution in [2.75, 3.05) is 6.61 Å². The summed E-state index contributed by atoms with van der Waals surface area (Å²) in [4.78, 5) is 12.3. The molecule has 2 aromatic carbocycles. The summed E-state index contributed by atoms with van der Waals surface area (Å²) in [7, 11) is 0. The Morgan fingerprint density at radius 1 is 1.24 bits per heavy atom. The predicted molar refractivity (Wildman–Crippen MR) is 87.7 cm³/mol. The molecular weight excluding hydrogens is 331 g/mol. The zero-order valence-electron chi connectivity index (χ0n) is 13.7. The molecule has 1 amide bonds. The van der Waals surface area contributed by atoms with Gasteiger partial charge in [0, 0.05) is 12.5 Å². The molecule has 1 atom stereocenters. The van der Waals surface area contributed by atoms with Crippen molar-refractivity contribution in [3.8, 4) is 5.75 Å². The first-order valence-electron chi connectivity index (χ1n) is 8.06. The summed E-state index contributed by atoms with van der Waals surface area (Å²) in [5.74, 6) is 0.157. The monoisotopic (exact) mass is 349 g/mol. The van der Waals surface area contributed by atoms with E-state index in [0.29, 0.717) is 13.0 Å². The zero-order chi connectivity index (χ0) is 18.0. The summed E-state index contributed by atoms with van der Waals surface area (Å²) in [5.41, 5.74) is 0.859. The van der Waals surface area contributed by atoms with Gasteiger partial charge in [-0.05, 0) is 42.7 Å². The molecule has 0 saturated carbocycles. The molecule has 1 aliphatic rings. The highest BCUT2D eigenvalue weighted by Gasteiger charge is 2.35. The minimum atomic E-state index is -4.56. The summed E-state index contributed by atoms with van der Waals surface area (Å²) < 4.78 is 44.5. The molecule has 0 aliphatic carbocycles. The maximum absolute atomic E-state index is 13.0. The lowest BCUT2D eigenvalue weighted by atomic mass is 10.0. The van der Waals surface area contributed by atoms with E-state index in [0.717, 1.165) is 29.4 Å². The maximum Gasteiger partial charge on any atom is 0.417 e. The Labute approximate surface area is 143 Å². The van der Waals surface area contributed by atoms with Crippen molar-refractivity contribution in [1.29, 1.82) is 0 Å². The average Bonchev–Trinajstić information content (AvgIpc) is 3.01. The summed E-state index contributed by atoms with van der Waals surface area (Å²) >= 11 is 0. The van der Waals surface area contributed by atoms with Crippen molar-refractivity contribution in [1.82, 2.24) is 5.32 Å². The van der Waals surface area contributed by atoms with Crippen molar-refractivity contribution in [2.45, 2.75) is 32.0 Å². The second-order valence-corrected chi connectivity index (χ2v) is 6.16. The third-order valence-corrected chi connectivity index (χ3v) is 4.15. The first-order chi connectivity index (χ1) is 11.8. The number of halogens is 3. The molecule has 132 valence electrons. The van der Waals surface area contributed by atoms with E-state index >= 15 is 0 Å². The Bertz CT molecular complexity index is 786.